The predicted octanol–water partition coefficient (Wildman–Crippen LogP) is 6.42. The van der Waals surface area contributed by atoms with E-state index < -0.39 is 59.2 Å². The van der Waals surface area contributed by atoms with Gasteiger partial charge in [-0.15, -0.1) is 0 Å². The number of carbonyl (C=O) groups is 2. The van der Waals surface area contributed by atoms with Crippen LogP contribution in [0.3, 0.4) is 0 Å². The lowest BCUT2D eigenvalue weighted by atomic mass is 9.85. The average molecular weight is 564 g/mol. The molecule has 3 amide bonds. The maximum atomic E-state index is 13.8. The number of carbonyl (C=O) groups excluding carboxylic acids is 2. The van der Waals surface area contributed by atoms with E-state index in [1.54, 1.807) is 6.92 Å². The molecule has 3 atom stereocenters. The van der Waals surface area contributed by atoms with Crippen molar-refractivity contribution < 1.29 is 45.2 Å². The van der Waals surface area contributed by atoms with Crippen LogP contribution >= 0.6 is 0 Å². The zero-order valence-corrected chi connectivity index (χ0v) is 21.6. The van der Waals surface area contributed by atoms with E-state index in [1.165, 1.54) is 44.2 Å². The summed E-state index contributed by atoms with van der Waals surface area (Å²) >= 11 is 0. The summed E-state index contributed by atoms with van der Waals surface area (Å²) in [5, 5.41) is 0. The quantitative estimate of drug-likeness (QED) is 0.338. The van der Waals surface area contributed by atoms with E-state index in [1.807, 2.05) is 0 Å². The Morgan fingerprint density at radius 3 is 2.15 bits per heavy atom. The Balaban J connectivity index is 1.97. The first-order valence-corrected chi connectivity index (χ1v) is 12.0. The Labute approximate surface area is 220 Å². The normalized spacial score (nSPS) is 19.0. The predicted molar refractivity (Wildman–Crippen MR) is 126 cm³/mol. The van der Waals surface area contributed by atoms with E-state index in [0.717, 1.165) is 4.90 Å². The number of rotatable bonds is 5. The molecule has 0 unspecified atom stereocenters. The van der Waals surface area contributed by atoms with Crippen molar-refractivity contribution in [2.24, 2.45) is 5.92 Å². The lowest BCUT2D eigenvalue weighted by Crippen LogP contribution is -2.49. The zero-order chi connectivity index (χ0) is 29.3. The molecule has 13 heteroatoms. The topological polar surface area (TPSA) is 61.9 Å². The first kappa shape index (κ1) is 30.2. The molecule has 0 saturated carbocycles. The van der Waals surface area contributed by atoms with E-state index in [-0.39, 0.29) is 31.0 Å². The summed E-state index contributed by atoms with van der Waals surface area (Å²) in [7, 11) is 2.55. The van der Waals surface area contributed by atoms with Crippen molar-refractivity contribution in [2.45, 2.75) is 51.1 Å². The monoisotopic (exact) mass is 563 g/mol. The van der Waals surface area contributed by atoms with Crippen molar-refractivity contribution in [2.75, 3.05) is 20.7 Å². The molecule has 3 rings (SSSR count). The fraction of sp³-hybridized carbons (Fsp3) is 0.462. The maximum absolute atomic E-state index is 13.8. The molecular formula is C26H28F7N3O3. The van der Waals surface area contributed by atoms with Gasteiger partial charge in [0, 0.05) is 19.5 Å². The molecule has 0 aliphatic carbocycles. The van der Waals surface area contributed by atoms with Crippen molar-refractivity contribution in [3.63, 3.8) is 0 Å². The molecule has 0 aromatic heterocycles. The van der Waals surface area contributed by atoms with Crippen LogP contribution in [0, 0.1) is 18.7 Å². The molecule has 2 aromatic carbocycles. The van der Waals surface area contributed by atoms with Gasteiger partial charge in [-0.1, -0.05) is 6.07 Å². The van der Waals surface area contributed by atoms with Crippen LogP contribution in [0.15, 0.2) is 36.4 Å². The lowest BCUT2D eigenvalue weighted by molar-refractivity contribution is -0.143. The van der Waals surface area contributed by atoms with Gasteiger partial charge in [0.2, 0.25) is 5.91 Å². The van der Waals surface area contributed by atoms with Gasteiger partial charge in [0.25, 0.3) is 0 Å². The third-order valence-electron chi connectivity index (χ3n) is 6.99. The number of alkyl halides is 6. The second kappa shape index (κ2) is 11.4. The molecule has 1 fully saturated rings. The third-order valence-corrected chi connectivity index (χ3v) is 6.99. The molecule has 1 heterocycles. The van der Waals surface area contributed by atoms with Crippen molar-refractivity contribution in [1.29, 1.82) is 0 Å². The smallest absolute Gasteiger partial charge is 0.321 e. The summed E-state index contributed by atoms with van der Waals surface area (Å²) in [5.41, 5.74) is 0.00546. The number of hydrogen-bond donors (Lipinski definition) is 1. The Hall–Kier alpha value is -3.35. The first-order valence-electron chi connectivity index (χ1n) is 12.0. The van der Waals surface area contributed by atoms with Gasteiger partial charge in [0.15, 0.2) is 0 Å². The summed E-state index contributed by atoms with van der Waals surface area (Å²) in [6.07, 6.45) is -9.71. The van der Waals surface area contributed by atoms with Gasteiger partial charge in [-0.05, 0) is 73.7 Å². The number of likely N-dealkylation sites (tertiary alicyclic amines) is 1. The number of hydroxylamine groups is 1. The lowest BCUT2D eigenvalue weighted by Gasteiger charge is -2.42. The molecule has 0 bridgehead atoms. The van der Waals surface area contributed by atoms with Crippen LogP contribution in [0.4, 0.5) is 35.5 Å². The minimum Gasteiger partial charge on any atom is -0.321 e. The van der Waals surface area contributed by atoms with Gasteiger partial charge < -0.3 is 9.80 Å². The molecule has 1 N–H and O–H groups in total. The number of hydrogen-bond acceptors (Lipinski definition) is 3. The van der Waals surface area contributed by atoms with Gasteiger partial charge in [-0.25, -0.2) is 14.7 Å². The minimum atomic E-state index is -5.03. The summed E-state index contributed by atoms with van der Waals surface area (Å²) in [5.74, 6) is -1.49. The second-order valence-electron chi connectivity index (χ2n) is 9.51. The number of benzene rings is 2. The van der Waals surface area contributed by atoms with Crippen LogP contribution < -0.4 is 5.48 Å². The van der Waals surface area contributed by atoms with Crippen LogP contribution in [0.2, 0.25) is 0 Å². The van der Waals surface area contributed by atoms with Crippen molar-refractivity contribution >= 4 is 11.9 Å². The van der Waals surface area contributed by atoms with Crippen LogP contribution in [-0.4, -0.2) is 42.4 Å². The van der Waals surface area contributed by atoms with E-state index in [2.05, 4.69) is 5.48 Å². The number of aryl methyl sites for hydroxylation is 1. The highest BCUT2D eigenvalue weighted by Gasteiger charge is 2.40. The fourth-order valence-corrected chi connectivity index (χ4v) is 4.74. The van der Waals surface area contributed by atoms with E-state index in [9.17, 15) is 40.3 Å². The van der Waals surface area contributed by atoms with E-state index in [0.29, 0.717) is 23.3 Å². The molecule has 214 valence electrons. The molecule has 1 aliphatic rings. The van der Waals surface area contributed by atoms with Crippen molar-refractivity contribution in [1.82, 2.24) is 15.3 Å². The Bertz CT molecular complexity index is 1180. The van der Waals surface area contributed by atoms with Crippen molar-refractivity contribution in [3.05, 3.63) is 70.0 Å². The molecule has 2 aromatic rings. The number of nitrogens with zero attached hydrogens (tertiary/aromatic N) is 2. The molecular weight excluding hydrogens is 535 g/mol. The van der Waals surface area contributed by atoms with Gasteiger partial charge in [0.05, 0.1) is 30.3 Å². The SMILES string of the molecule is CONC(=O)[C@H]1CCN(C(=O)N(C)[C@@H](C)c2cc(C(F)(F)F)cc(C(F)(F)F)c2)[C@@H](c2ccc(F)cc2C)C1. The minimum absolute atomic E-state index is 0.0290. The largest absolute Gasteiger partial charge is 0.416 e. The molecule has 1 aliphatic heterocycles. The third kappa shape index (κ3) is 6.81. The molecule has 1 saturated heterocycles. The highest BCUT2D eigenvalue weighted by atomic mass is 19.4. The standard InChI is InChI=1S/C26H28F7N3O3/c1-14-9-20(27)5-6-21(14)22-12-16(23(37)34-39-4)7-8-36(22)24(38)35(3)15(2)17-10-18(25(28,29)30)13-19(11-17)26(31,32)33/h5-6,9-11,13,15-16,22H,7-8,12H2,1-4H3,(H,34,37)/t15-,16-,22+/m0/s1. The van der Waals surface area contributed by atoms with Crippen LogP contribution in [0.5, 0.6) is 0 Å². The number of piperidine rings is 1. The molecule has 39 heavy (non-hydrogen) atoms. The highest BCUT2D eigenvalue weighted by molar-refractivity contribution is 5.79. The Kier molecular flexibility index (Phi) is 8.83. The Morgan fingerprint density at radius 2 is 1.64 bits per heavy atom. The Morgan fingerprint density at radius 1 is 1.05 bits per heavy atom. The molecule has 6 nitrogen and oxygen atoms in total. The van der Waals surface area contributed by atoms with Crippen molar-refractivity contribution in [3.8, 4) is 0 Å². The van der Waals surface area contributed by atoms with E-state index in [4.69, 9.17) is 4.84 Å². The summed E-state index contributed by atoms with van der Waals surface area (Å²) in [6.45, 7) is 3.01. The van der Waals surface area contributed by atoms with E-state index >= 15 is 0 Å². The zero-order valence-electron chi connectivity index (χ0n) is 21.6. The highest BCUT2D eigenvalue weighted by Crippen LogP contribution is 2.40. The first-order chi connectivity index (χ1) is 18.0. The van der Waals surface area contributed by atoms with Gasteiger partial charge in [-0.2, -0.15) is 26.3 Å². The fourth-order valence-electron chi connectivity index (χ4n) is 4.74. The summed E-state index contributed by atoms with van der Waals surface area (Å²) < 4.78 is 94.1. The summed E-state index contributed by atoms with van der Waals surface area (Å²) in [4.78, 5) is 33.2. The summed E-state index contributed by atoms with van der Waals surface area (Å²) in [6, 6.07) is 2.60. The van der Waals surface area contributed by atoms with Gasteiger partial charge in [0.1, 0.15) is 5.82 Å². The average Bonchev–Trinajstić information content (AvgIpc) is 2.86. The van der Waals surface area contributed by atoms with Crippen LogP contribution in [-0.2, 0) is 22.0 Å². The number of urea groups is 1. The number of nitrogens with one attached hydrogen (secondary N) is 1. The number of amides is 3. The molecule has 0 spiro atoms. The van der Waals surface area contributed by atoms with Gasteiger partial charge in [-0.3, -0.25) is 9.63 Å². The number of halogens is 7. The van der Waals surface area contributed by atoms with Crippen LogP contribution in [0.25, 0.3) is 0 Å². The van der Waals surface area contributed by atoms with Gasteiger partial charge >= 0.3 is 18.4 Å². The second-order valence-corrected chi connectivity index (χ2v) is 9.51. The maximum Gasteiger partial charge on any atom is 0.416 e. The molecule has 0 radical (unpaired) electrons. The van der Waals surface area contributed by atoms with Crippen LogP contribution in [0.1, 0.15) is 59.7 Å².